The van der Waals surface area contributed by atoms with Crippen LogP contribution in [0.5, 0.6) is 0 Å². The molecule has 0 bridgehead atoms. The first-order chi connectivity index (χ1) is 16.9. The largest absolute Gasteiger partial charge is 0.299 e. The van der Waals surface area contributed by atoms with Gasteiger partial charge in [0.2, 0.25) is 0 Å². The zero-order chi connectivity index (χ0) is 24.5. The second-order valence-corrected chi connectivity index (χ2v) is 13.5. The Morgan fingerprint density at radius 1 is 0.743 bits per heavy atom. The van der Waals surface area contributed by atoms with Crippen molar-refractivity contribution in [1.29, 1.82) is 0 Å². The van der Waals surface area contributed by atoms with Crippen molar-refractivity contribution in [2.24, 2.45) is 16.7 Å². The molecule has 2 fully saturated rings. The first kappa shape index (κ1) is 23.7. The normalized spacial score (nSPS) is 22.3. The van der Waals surface area contributed by atoms with Gasteiger partial charge < -0.3 is 0 Å². The van der Waals surface area contributed by atoms with Crippen molar-refractivity contribution in [2.75, 3.05) is 0 Å². The van der Waals surface area contributed by atoms with Crippen LogP contribution in [0.15, 0.2) is 96.6 Å². The zero-order valence-corrected chi connectivity index (χ0v) is 21.7. The summed E-state index contributed by atoms with van der Waals surface area (Å²) in [7, 11) is -1.02. The molecule has 2 aliphatic carbocycles. The van der Waals surface area contributed by atoms with E-state index in [0.717, 1.165) is 18.9 Å². The zero-order valence-electron chi connectivity index (χ0n) is 20.7. The predicted octanol–water partition coefficient (Wildman–Crippen LogP) is 5.73. The Morgan fingerprint density at radius 3 is 1.74 bits per heavy atom. The van der Waals surface area contributed by atoms with Crippen LogP contribution in [0.2, 0.25) is 6.04 Å². The van der Waals surface area contributed by atoms with E-state index in [1.165, 1.54) is 21.5 Å². The molecule has 1 spiro atoms. The van der Waals surface area contributed by atoms with Gasteiger partial charge in [0.1, 0.15) is 20.4 Å². The smallest absolute Gasteiger partial charge is 0.146 e. The summed E-state index contributed by atoms with van der Waals surface area (Å²) in [5.41, 5.74) is 1.54. The van der Waals surface area contributed by atoms with Gasteiger partial charge in [-0.3, -0.25) is 9.59 Å². The van der Waals surface area contributed by atoms with Gasteiger partial charge in [-0.2, -0.15) is 0 Å². The van der Waals surface area contributed by atoms with Crippen LogP contribution in [0, 0.1) is 16.7 Å². The topological polar surface area (TPSA) is 34.1 Å². The van der Waals surface area contributed by atoms with Gasteiger partial charge in [0.15, 0.2) is 0 Å². The third kappa shape index (κ3) is 4.88. The van der Waals surface area contributed by atoms with Crippen molar-refractivity contribution in [1.82, 2.24) is 0 Å². The van der Waals surface area contributed by atoms with E-state index in [0.29, 0.717) is 18.8 Å². The van der Waals surface area contributed by atoms with Crippen LogP contribution in [0.1, 0.15) is 45.1 Å². The van der Waals surface area contributed by atoms with Crippen LogP contribution >= 0.6 is 0 Å². The van der Waals surface area contributed by atoms with E-state index < -0.39 is 14.2 Å². The highest BCUT2D eigenvalue weighted by molar-refractivity contribution is 6.85. The highest BCUT2D eigenvalue weighted by Crippen LogP contribution is 2.56. The number of Topliss-reactive ketones (excluding diaryl/α,β-unsaturated/α-hetero) is 2. The summed E-state index contributed by atoms with van der Waals surface area (Å²) in [6, 6.07) is 33.4. The molecular weight excluding hydrogens is 444 g/mol. The van der Waals surface area contributed by atoms with E-state index in [4.69, 9.17) is 0 Å². The molecule has 0 heterocycles. The molecule has 177 valence electrons. The summed E-state index contributed by atoms with van der Waals surface area (Å²) in [5.74, 6) is 0.599. The van der Waals surface area contributed by atoms with Crippen LogP contribution in [0.3, 0.4) is 0 Å². The molecule has 35 heavy (non-hydrogen) atoms. The van der Waals surface area contributed by atoms with Gasteiger partial charge in [0, 0.05) is 12.8 Å². The van der Waals surface area contributed by atoms with E-state index in [1.54, 1.807) is 0 Å². The van der Waals surface area contributed by atoms with Gasteiger partial charge in [-0.25, -0.2) is 0 Å². The van der Waals surface area contributed by atoms with Crippen molar-refractivity contribution >= 4 is 36.8 Å². The molecule has 0 saturated heterocycles. The third-order valence-electron chi connectivity index (χ3n) is 8.09. The fraction of sp³-hybridized carbons (Fsp3) is 0.312. The standard InChI is InChI=1S/C32H33O2Si/c1-31(2)29(33)21-32(22-30(31)34)19-25(18-24-12-6-3-7-13-24)26(20-32)23-35(27-14-8-4-9-15-27)28-16-10-5-11-17-28/h3-18,26H,19-23H2,1-2H3/b25-18+. The number of allylic oxidation sites excluding steroid dienone is 1. The molecule has 5 rings (SSSR count). The first-order valence-electron chi connectivity index (χ1n) is 12.7. The summed E-state index contributed by atoms with van der Waals surface area (Å²) < 4.78 is 0. The van der Waals surface area contributed by atoms with Gasteiger partial charge in [0.25, 0.3) is 0 Å². The highest BCUT2D eigenvalue weighted by atomic mass is 28.3. The minimum Gasteiger partial charge on any atom is -0.299 e. The summed E-state index contributed by atoms with van der Waals surface area (Å²) in [4.78, 5) is 26.2. The van der Waals surface area contributed by atoms with Gasteiger partial charge >= 0.3 is 0 Å². The minimum atomic E-state index is -1.02. The summed E-state index contributed by atoms with van der Waals surface area (Å²) in [6.07, 6.45) is 5.15. The van der Waals surface area contributed by atoms with Crippen molar-refractivity contribution in [3.05, 3.63) is 102 Å². The molecule has 1 atom stereocenters. The lowest BCUT2D eigenvalue weighted by atomic mass is 9.62. The van der Waals surface area contributed by atoms with Crippen molar-refractivity contribution in [2.45, 2.75) is 45.6 Å². The Hall–Kier alpha value is -3.04. The highest BCUT2D eigenvalue weighted by Gasteiger charge is 2.53. The number of carbonyl (C=O) groups is 2. The fourth-order valence-corrected chi connectivity index (χ4v) is 8.87. The number of carbonyl (C=O) groups excluding carboxylic acids is 2. The van der Waals surface area contributed by atoms with Gasteiger partial charge in [-0.05, 0) is 49.6 Å². The van der Waals surface area contributed by atoms with E-state index in [1.807, 2.05) is 19.9 Å². The number of hydrogen-bond acceptors (Lipinski definition) is 2. The van der Waals surface area contributed by atoms with E-state index in [2.05, 4.69) is 91.0 Å². The molecule has 3 aromatic carbocycles. The van der Waals surface area contributed by atoms with Crippen molar-refractivity contribution in [3.8, 4) is 0 Å². The molecule has 3 heteroatoms. The monoisotopic (exact) mass is 477 g/mol. The van der Waals surface area contributed by atoms with E-state index >= 15 is 0 Å². The lowest BCUT2D eigenvalue weighted by Gasteiger charge is -2.39. The van der Waals surface area contributed by atoms with E-state index in [9.17, 15) is 9.59 Å². The lowest BCUT2D eigenvalue weighted by molar-refractivity contribution is -0.146. The van der Waals surface area contributed by atoms with Crippen LogP contribution in [0.25, 0.3) is 6.08 Å². The van der Waals surface area contributed by atoms with Gasteiger partial charge in [-0.15, -0.1) is 0 Å². The lowest BCUT2D eigenvalue weighted by Crippen LogP contribution is -2.45. The molecular formula is C32H33O2Si. The maximum Gasteiger partial charge on any atom is 0.146 e. The molecule has 2 saturated carbocycles. The minimum absolute atomic E-state index is 0.116. The molecule has 0 N–H and O–H groups in total. The summed E-state index contributed by atoms with van der Waals surface area (Å²) in [6.45, 7) is 3.62. The maximum atomic E-state index is 13.1. The Morgan fingerprint density at radius 2 is 1.23 bits per heavy atom. The average Bonchev–Trinajstić information content (AvgIpc) is 3.19. The fourth-order valence-electron chi connectivity index (χ4n) is 5.98. The molecule has 0 aliphatic heterocycles. The predicted molar refractivity (Wildman–Crippen MR) is 145 cm³/mol. The Kier molecular flexibility index (Phi) is 6.46. The molecule has 1 unspecified atom stereocenters. The molecule has 1 radical (unpaired) electrons. The molecule has 0 aromatic heterocycles. The van der Waals surface area contributed by atoms with Gasteiger partial charge in [-0.1, -0.05) is 113 Å². The van der Waals surface area contributed by atoms with Crippen LogP contribution in [-0.4, -0.2) is 20.4 Å². The molecule has 2 nitrogen and oxygen atoms in total. The number of benzene rings is 3. The van der Waals surface area contributed by atoms with Gasteiger partial charge in [0.05, 0.1) is 5.41 Å². The Bertz CT molecular complexity index is 1170. The number of ketones is 2. The number of rotatable bonds is 5. The van der Waals surface area contributed by atoms with E-state index in [-0.39, 0.29) is 17.0 Å². The Labute approximate surface area is 210 Å². The molecule has 0 amide bonds. The third-order valence-corrected chi connectivity index (χ3v) is 11.1. The second-order valence-electron chi connectivity index (χ2n) is 10.9. The average molecular weight is 478 g/mol. The summed E-state index contributed by atoms with van der Waals surface area (Å²) in [5, 5.41) is 2.83. The Balaban J connectivity index is 1.52. The quantitative estimate of drug-likeness (QED) is 0.347. The molecule has 2 aliphatic rings. The van der Waals surface area contributed by atoms with Crippen LogP contribution in [-0.2, 0) is 9.59 Å². The van der Waals surface area contributed by atoms with Crippen molar-refractivity contribution < 1.29 is 9.59 Å². The maximum absolute atomic E-state index is 13.1. The number of hydrogen-bond donors (Lipinski definition) is 0. The van der Waals surface area contributed by atoms with Crippen molar-refractivity contribution in [3.63, 3.8) is 0 Å². The van der Waals surface area contributed by atoms with Crippen LogP contribution < -0.4 is 10.4 Å². The summed E-state index contributed by atoms with van der Waals surface area (Å²) >= 11 is 0. The first-order valence-corrected chi connectivity index (χ1v) is 14.4. The molecule has 3 aromatic rings. The second kappa shape index (κ2) is 9.54. The van der Waals surface area contributed by atoms with Crippen LogP contribution in [0.4, 0.5) is 0 Å². The SMILES string of the molecule is CC1(C)C(=O)CC2(CC1=O)C/C(=C\c1ccccc1)C(C[Si](c1ccccc1)c1ccccc1)C2.